The summed E-state index contributed by atoms with van der Waals surface area (Å²) in [4.78, 5) is 10.9. The zero-order chi connectivity index (χ0) is 15.1. The molecule has 1 aromatic carbocycles. The summed E-state index contributed by atoms with van der Waals surface area (Å²) in [5.74, 6) is -0.989. The molecule has 0 aliphatic rings. The van der Waals surface area contributed by atoms with E-state index in [1.165, 1.54) is 0 Å². The van der Waals surface area contributed by atoms with Crippen molar-refractivity contribution in [2.75, 3.05) is 6.54 Å². The maximum Gasteiger partial charge on any atom is 0.305 e. The number of benzene rings is 1. The minimum atomic E-state index is -0.989. The highest BCUT2D eigenvalue weighted by atomic mass is 16.4. The molecule has 0 radical (unpaired) electrons. The highest BCUT2D eigenvalue weighted by molar-refractivity contribution is 5.67. The summed E-state index contributed by atoms with van der Waals surface area (Å²) in [6.07, 6.45) is -0.810. The van der Waals surface area contributed by atoms with E-state index in [0.717, 1.165) is 12.0 Å². The second kappa shape index (κ2) is 7.99. The Bertz CT molecular complexity index is 416. The fourth-order valence-corrected chi connectivity index (χ4v) is 1.99. The molecule has 4 N–H and O–H groups in total. The van der Waals surface area contributed by atoms with Gasteiger partial charge in [-0.05, 0) is 24.5 Å². The van der Waals surface area contributed by atoms with Gasteiger partial charge in [0.2, 0.25) is 0 Å². The number of aryl methyl sites for hydroxylation is 1. The van der Waals surface area contributed by atoms with Crippen LogP contribution in [0.2, 0.25) is 0 Å². The first-order valence-corrected chi connectivity index (χ1v) is 6.84. The highest BCUT2D eigenvalue weighted by Gasteiger charge is 2.23. The number of nitrogens with one attached hydrogen (secondary N) is 1. The molecule has 5 nitrogen and oxygen atoms in total. The van der Waals surface area contributed by atoms with Crippen LogP contribution < -0.4 is 5.32 Å². The van der Waals surface area contributed by atoms with E-state index in [9.17, 15) is 15.0 Å². The zero-order valence-electron chi connectivity index (χ0n) is 11.9. The Balaban J connectivity index is 2.78. The van der Waals surface area contributed by atoms with Gasteiger partial charge in [-0.15, -0.1) is 0 Å². The maximum atomic E-state index is 10.9. The van der Waals surface area contributed by atoms with Gasteiger partial charge >= 0.3 is 5.97 Å². The topological polar surface area (TPSA) is 89.8 Å². The average Bonchev–Trinajstić information content (AvgIpc) is 2.42. The first-order chi connectivity index (χ1) is 9.43. The van der Waals surface area contributed by atoms with Crippen molar-refractivity contribution >= 4 is 5.97 Å². The monoisotopic (exact) mass is 281 g/mol. The number of rotatable bonds is 8. The second-order valence-corrected chi connectivity index (χ2v) is 5.00. The lowest BCUT2D eigenvalue weighted by Gasteiger charge is -2.24. The standard InChI is InChI=1S/C15H23NO4/c1-3-11-4-6-12(7-5-11)15(20)13(8-14(18)19)16-9-10(2)17/h4-7,10,13,15-17,20H,3,8-9H2,1-2H3,(H,18,19). The molecule has 0 aromatic heterocycles. The molecule has 0 amide bonds. The molecular weight excluding hydrogens is 258 g/mol. The van der Waals surface area contributed by atoms with Crippen LogP contribution in [0.3, 0.4) is 0 Å². The third-order valence-electron chi connectivity index (χ3n) is 3.18. The lowest BCUT2D eigenvalue weighted by atomic mass is 9.98. The summed E-state index contributed by atoms with van der Waals surface area (Å²) in [6, 6.07) is 6.83. The van der Waals surface area contributed by atoms with Crippen molar-refractivity contribution in [1.82, 2.24) is 5.32 Å². The van der Waals surface area contributed by atoms with Gasteiger partial charge in [-0.2, -0.15) is 0 Å². The summed E-state index contributed by atoms with van der Waals surface area (Å²) in [5.41, 5.74) is 1.83. The Kier molecular flexibility index (Phi) is 6.64. The van der Waals surface area contributed by atoms with Crippen molar-refractivity contribution in [1.29, 1.82) is 0 Å². The van der Waals surface area contributed by atoms with Crippen molar-refractivity contribution in [2.45, 2.75) is 44.9 Å². The normalized spacial score (nSPS) is 15.6. The van der Waals surface area contributed by atoms with Crippen LogP contribution in [0.5, 0.6) is 0 Å². The van der Waals surface area contributed by atoms with Crippen molar-refractivity contribution in [2.24, 2.45) is 0 Å². The first kappa shape index (κ1) is 16.6. The molecule has 3 unspecified atom stereocenters. The number of carboxylic acid groups (broad SMARTS) is 1. The van der Waals surface area contributed by atoms with Crippen molar-refractivity contribution in [3.63, 3.8) is 0 Å². The van der Waals surface area contributed by atoms with Crippen LogP contribution >= 0.6 is 0 Å². The van der Waals surface area contributed by atoms with E-state index in [-0.39, 0.29) is 13.0 Å². The summed E-state index contributed by atoms with van der Waals surface area (Å²) >= 11 is 0. The van der Waals surface area contributed by atoms with Crippen LogP contribution in [0.15, 0.2) is 24.3 Å². The van der Waals surface area contributed by atoms with Gasteiger partial charge in [0.25, 0.3) is 0 Å². The predicted octanol–water partition coefficient (Wildman–Crippen LogP) is 1.10. The van der Waals surface area contributed by atoms with Gasteiger partial charge in [0.15, 0.2) is 0 Å². The minimum absolute atomic E-state index is 0.205. The molecule has 1 rings (SSSR count). The Hall–Kier alpha value is -1.43. The van der Waals surface area contributed by atoms with Crippen molar-refractivity contribution in [3.8, 4) is 0 Å². The van der Waals surface area contributed by atoms with E-state index in [1.54, 1.807) is 6.92 Å². The number of carboxylic acids is 1. The quantitative estimate of drug-likeness (QED) is 0.573. The smallest absolute Gasteiger partial charge is 0.305 e. The molecule has 1 aromatic rings. The zero-order valence-corrected chi connectivity index (χ0v) is 11.9. The van der Waals surface area contributed by atoms with E-state index in [4.69, 9.17) is 5.11 Å². The van der Waals surface area contributed by atoms with E-state index < -0.39 is 24.2 Å². The molecule has 0 fully saturated rings. The lowest BCUT2D eigenvalue weighted by Crippen LogP contribution is -2.40. The van der Waals surface area contributed by atoms with Crippen LogP contribution in [0, 0.1) is 0 Å². The van der Waals surface area contributed by atoms with Crippen LogP contribution in [0.1, 0.15) is 37.5 Å². The van der Waals surface area contributed by atoms with Crippen LogP contribution in [0.4, 0.5) is 0 Å². The molecule has 5 heteroatoms. The van der Waals surface area contributed by atoms with Crippen LogP contribution in [-0.4, -0.2) is 40.0 Å². The second-order valence-electron chi connectivity index (χ2n) is 5.00. The largest absolute Gasteiger partial charge is 0.481 e. The van der Waals surface area contributed by atoms with Gasteiger partial charge in [-0.1, -0.05) is 31.2 Å². The third kappa shape index (κ3) is 5.28. The highest BCUT2D eigenvalue weighted by Crippen LogP contribution is 2.20. The van der Waals surface area contributed by atoms with E-state index in [0.29, 0.717) is 5.56 Å². The number of aliphatic hydroxyl groups is 2. The van der Waals surface area contributed by atoms with Crippen molar-refractivity contribution < 1.29 is 20.1 Å². The van der Waals surface area contributed by atoms with Gasteiger partial charge in [0, 0.05) is 12.6 Å². The summed E-state index contributed by atoms with van der Waals surface area (Å²) < 4.78 is 0. The lowest BCUT2D eigenvalue weighted by molar-refractivity contribution is -0.138. The number of aliphatic carboxylic acids is 1. The molecule has 0 spiro atoms. The summed E-state index contributed by atoms with van der Waals surface area (Å²) in [7, 11) is 0. The molecule has 0 bridgehead atoms. The van der Waals surface area contributed by atoms with Crippen molar-refractivity contribution in [3.05, 3.63) is 35.4 Å². The molecule has 3 atom stereocenters. The van der Waals surface area contributed by atoms with Crippen LogP contribution in [0.25, 0.3) is 0 Å². The molecule has 0 saturated heterocycles. The van der Waals surface area contributed by atoms with Gasteiger partial charge < -0.3 is 20.6 Å². The van der Waals surface area contributed by atoms with Gasteiger partial charge in [-0.25, -0.2) is 0 Å². The Labute approximate surface area is 119 Å². The summed E-state index contributed by atoms with van der Waals surface area (Å²) in [6.45, 7) is 3.89. The molecule has 0 heterocycles. The molecule has 0 aliphatic heterocycles. The number of carbonyl (C=O) groups is 1. The fourth-order valence-electron chi connectivity index (χ4n) is 1.99. The first-order valence-electron chi connectivity index (χ1n) is 6.84. The molecule has 112 valence electrons. The molecular formula is C15H23NO4. The average molecular weight is 281 g/mol. The molecule has 20 heavy (non-hydrogen) atoms. The minimum Gasteiger partial charge on any atom is -0.481 e. The Morgan fingerprint density at radius 2 is 1.85 bits per heavy atom. The van der Waals surface area contributed by atoms with E-state index in [2.05, 4.69) is 5.32 Å². The number of aliphatic hydroxyl groups excluding tert-OH is 2. The molecule has 0 saturated carbocycles. The number of hydrogen-bond acceptors (Lipinski definition) is 4. The predicted molar refractivity (Wildman–Crippen MR) is 76.5 cm³/mol. The summed E-state index contributed by atoms with van der Waals surface area (Å²) in [5, 5.41) is 31.4. The maximum absolute atomic E-state index is 10.9. The Morgan fingerprint density at radius 3 is 2.30 bits per heavy atom. The van der Waals surface area contributed by atoms with Gasteiger partial charge in [0.1, 0.15) is 0 Å². The number of hydrogen-bond donors (Lipinski definition) is 4. The third-order valence-corrected chi connectivity index (χ3v) is 3.18. The van der Waals surface area contributed by atoms with Crippen LogP contribution in [-0.2, 0) is 11.2 Å². The Morgan fingerprint density at radius 1 is 1.25 bits per heavy atom. The van der Waals surface area contributed by atoms with Gasteiger partial charge in [0.05, 0.1) is 18.6 Å². The fraction of sp³-hybridized carbons (Fsp3) is 0.533. The van der Waals surface area contributed by atoms with Gasteiger partial charge in [-0.3, -0.25) is 4.79 Å². The van der Waals surface area contributed by atoms with E-state index in [1.807, 2.05) is 31.2 Å². The van der Waals surface area contributed by atoms with E-state index >= 15 is 0 Å². The SMILES string of the molecule is CCc1ccc(C(O)C(CC(=O)O)NCC(C)O)cc1. The molecule has 0 aliphatic carbocycles.